The van der Waals surface area contributed by atoms with E-state index in [-0.39, 0.29) is 5.54 Å². The van der Waals surface area contributed by atoms with Gasteiger partial charge in [0.15, 0.2) is 0 Å². The Morgan fingerprint density at radius 2 is 1.75 bits per heavy atom. The van der Waals surface area contributed by atoms with Crippen LogP contribution in [0, 0.1) is 0 Å². The summed E-state index contributed by atoms with van der Waals surface area (Å²) in [5.41, 5.74) is 7.28. The number of anilines is 1. The lowest BCUT2D eigenvalue weighted by Crippen LogP contribution is -2.43. The molecule has 0 unspecified atom stereocenters. The second-order valence-corrected chi connectivity index (χ2v) is 6.38. The number of halogens is 2. The molecule has 0 saturated carbocycles. The summed E-state index contributed by atoms with van der Waals surface area (Å²) in [6, 6.07) is 5.38. The van der Waals surface area contributed by atoms with Gasteiger partial charge < -0.3 is 10.2 Å². The molecule has 0 heterocycles. The van der Waals surface area contributed by atoms with E-state index in [0.717, 1.165) is 38.2 Å². The van der Waals surface area contributed by atoms with Gasteiger partial charge in [0.1, 0.15) is 0 Å². The number of ether oxygens (including phenoxy) is 1. The smallest absolute Gasteiger partial charge is 0.0517 e. The van der Waals surface area contributed by atoms with Gasteiger partial charge in [0, 0.05) is 28.8 Å². The van der Waals surface area contributed by atoms with E-state index in [1.54, 1.807) is 6.07 Å². The van der Waals surface area contributed by atoms with Crippen LogP contribution in [-0.2, 0) is 4.74 Å². The highest BCUT2D eigenvalue weighted by Crippen LogP contribution is 2.22. The fourth-order valence-corrected chi connectivity index (χ4v) is 2.32. The van der Waals surface area contributed by atoms with Crippen LogP contribution >= 0.6 is 23.2 Å². The molecule has 1 aromatic rings. The van der Waals surface area contributed by atoms with Crippen molar-refractivity contribution in [2.24, 2.45) is 0 Å². The van der Waals surface area contributed by atoms with Crippen molar-refractivity contribution in [1.29, 1.82) is 0 Å². The molecule has 0 saturated heterocycles. The van der Waals surface area contributed by atoms with Crippen molar-refractivity contribution >= 4 is 28.9 Å². The van der Waals surface area contributed by atoms with Crippen molar-refractivity contribution < 1.29 is 4.74 Å². The van der Waals surface area contributed by atoms with Gasteiger partial charge >= 0.3 is 0 Å². The van der Waals surface area contributed by atoms with E-state index in [4.69, 9.17) is 27.9 Å². The first kappa shape index (κ1) is 17.6. The number of hydrogen-bond acceptors (Lipinski definition) is 3. The Morgan fingerprint density at radius 3 is 2.35 bits per heavy atom. The van der Waals surface area contributed by atoms with Crippen molar-refractivity contribution in [3.8, 4) is 0 Å². The van der Waals surface area contributed by atoms with E-state index in [2.05, 4.69) is 31.6 Å². The highest BCUT2D eigenvalue weighted by atomic mass is 35.5. The first-order valence-corrected chi connectivity index (χ1v) is 7.75. The lowest BCUT2D eigenvalue weighted by molar-refractivity contribution is 0.125. The molecule has 0 spiro atoms. The summed E-state index contributed by atoms with van der Waals surface area (Å²) >= 11 is 11.9. The molecular formula is C15H24Cl2N2O. The zero-order valence-electron chi connectivity index (χ0n) is 12.4. The molecule has 3 nitrogen and oxygen atoms in total. The molecule has 1 rings (SSSR count). The Labute approximate surface area is 132 Å². The fraction of sp³-hybridized carbons (Fsp3) is 0.600. The van der Waals surface area contributed by atoms with Crippen LogP contribution in [0.15, 0.2) is 18.2 Å². The molecule has 114 valence electrons. The predicted octanol–water partition coefficient (Wildman–Crippen LogP) is 4.90. The van der Waals surface area contributed by atoms with Crippen LogP contribution in [0.25, 0.3) is 0 Å². The highest BCUT2D eigenvalue weighted by molar-refractivity contribution is 6.35. The highest BCUT2D eigenvalue weighted by Gasteiger charge is 2.16. The molecular weight excluding hydrogens is 295 g/mol. The minimum Gasteiger partial charge on any atom is -0.381 e. The number of benzene rings is 1. The standard InChI is InChI=1S/C15H24Cl2N2O/c1-4-7-20-8-5-6-15(2,3)19-18-14-10-12(16)9-13(17)11-14/h9-11,18-19H,4-8H2,1-3H3. The maximum absolute atomic E-state index is 5.96. The Balaban J connectivity index is 2.34. The summed E-state index contributed by atoms with van der Waals surface area (Å²) in [7, 11) is 0. The average molecular weight is 319 g/mol. The topological polar surface area (TPSA) is 33.3 Å². The molecule has 5 heteroatoms. The molecule has 0 radical (unpaired) electrons. The van der Waals surface area contributed by atoms with E-state index in [0.29, 0.717) is 10.0 Å². The van der Waals surface area contributed by atoms with E-state index in [1.165, 1.54) is 0 Å². The van der Waals surface area contributed by atoms with Gasteiger partial charge in [-0.15, -0.1) is 0 Å². The number of hydrogen-bond donors (Lipinski definition) is 2. The third-order valence-corrected chi connectivity index (χ3v) is 3.28. The Hall–Kier alpha value is -0.480. The van der Waals surface area contributed by atoms with Crippen LogP contribution in [0.3, 0.4) is 0 Å². The second kappa shape index (κ2) is 8.73. The minimum atomic E-state index is -0.0373. The molecule has 0 aliphatic carbocycles. The molecule has 0 aliphatic rings. The van der Waals surface area contributed by atoms with Gasteiger partial charge in [-0.3, -0.25) is 0 Å². The van der Waals surface area contributed by atoms with Gasteiger partial charge in [0.05, 0.1) is 5.69 Å². The first-order chi connectivity index (χ1) is 9.43. The monoisotopic (exact) mass is 318 g/mol. The van der Waals surface area contributed by atoms with Gasteiger partial charge in [-0.05, 0) is 51.3 Å². The third kappa shape index (κ3) is 7.34. The normalized spacial score (nSPS) is 11.7. The van der Waals surface area contributed by atoms with Crippen molar-refractivity contribution in [2.75, 3.05) is 18.6 Å². The van der Waals surface area contributed by atoms with Gasteiger partial charge in [-0.25, -0.2) is 5.43 Å². The van der Waals surface area contributed by atoms with Crippen LogP contribution in [0.1, 0.15) is 40.0 Å². The maximum atomic E-state index is 5.96. The minimum absolute atomic E-state index is 0.0373. The zero-order valence-corrected chi connectivity index (χ0v) is 13.9. The first-order valence-electron chi connectivity index (χ1n) is 7.00. The van der Waals surface area contributed by atoms with Crippen molar-refractivity contribution in [3.05, 3.63) is 28.2 Å². The van der Waals surface area contributed by atoms with E-state index in [1.807, 2.05) is 12.1 Å². The summed E-state index contributed by atoms with van der Waals surface area (Å²) < 4.78 is 5.49. The van der Waals surface area contributed by atoms with E-state index >= 15 is 0 Å². The molecule has 0 bridgehead atoms. The van der Waals surface area contributed by atoms with Crippen LogP contribution in [0.2, 0.25) is 10.0 Å². The van der Waals surface area contributed by atoms with Gasteiger partial charge in [0.2, 0.25) is 0 Å². The summed E-state index contributed by atoms with van der Waals surface area (Å²) in [4.78, 5) is 0. The largest absolute Gasteiger partial charge is 0.381 e. The number of rotatable bonds is 9. The summed E-state index contributed by atoms with van der Waals surface area (Å²) in [5.74, 6) is 0. The quantitative estimate of drug-likeness (QED) is 0.502. The van der Waals surface area contributed by atoms with Gasteiger partial charge in [-0.2, -0.15) is 0 Å². The molecule has 0 aromatic heterocycles. The summed E-state index contributed by atoms with van der Waals surface area (Å²) in [6.07, 6.45) is 3.11. The lowest BCUT2D eigenvalue weighted by atomic mass is 10.00. The average Bonchev–Trinajstić information content (AvgIpc) is 2.35. The Morgan fingerprint density at radius 1 is 1.10 bits per heavy atom. The number of nitrogens with one attached hydrogen (secondary N) is 2. The van der Waals surface area contributed by atoms with Crippen molar-refractivity contribution in [1.82, 2.24) is 5.43 Å². The fourth-order valence-electron chi connectivity index (χ4n) is 1.79. The van der Waals surface area contributed by atoms with Crippen molar-refractivity contribution in [3.63, 3.8) is 0 Å². The SMILES string of the molecule is CCCOCCCC(C)(C)NNc1cc(Cl)cc(Cl)c1. The third-order valence-electron chi connectivity index (χ3n) is 2.85. The van der Waals surface area contributed by atoms with Crippen LogP contribution in [0.4, 0.5) is 5.69 Å². The molecule has 0 aliphatic heterocycles. The van der Waals surface area contributed by atoms with Crippen molar-refractivity contribution in [2.45, 2.75) is 45.6 Å². The molecule has 0 fully saturated rings. The summed E-state index contributed by atoms with van der Waals surface area (Å²) in [6.45, 7) is 8.05. The van der Waals surface area contributed by atoms with Gasteiger partial charge in [-0.1, -0.05) is 30.1 Å². The molecule has 2 N–H and O–H groups in total. The molecule has 0 amide bonds. The second-order valence-electron chi connectivity index (χ2n) is 5.51. The van der Waals surface area contributed by atoms with E-state index < -0.39 is 0 Å². The molecule has 0 atom stereocenters. The predicted molar refractivity (Wildman–Crippen MR) is 87.6 cm³/mol. The van der Waals surface area contributed by atoms with Crippen LogP contribution < -0.4 is 10.9 Å². The molecule has 20 heavy (non-hydrogen) atoms. The molecule has 1 aromatic carbocycles. The maximum Gasteiger partial charge on any atom is 0.0517 e. The number of hydrazine groups is 1. The lowest BCUT2D eigenvalue weighted by Gasteiger charge is -2.27. The summed E-state index contributed by atoms with van der Waals surface area (Å²) in [5, 5.41) is 1.24. The van der Waals surface area contributed by atoms with E-state index in [9.17, 15) is 0 Å². The van der Waals surface area contributed by atoms with Gasteiger partial charge in [0.25, 0.3) is 0 Å². The Kier molecular flexibility index (Phi) is 7.67. The van der Waals surface area contributed by atoms with Crippen LogP contribution in [0.5, 0.6) is 0 Å². The van der Waals surface area contributed by atoms with Crippen LogP contribution in [-0.4, -0.2) is 18.8 Å². The Bertz CT molecular complexity index is 391. The zero-order chi connectivity index (χ0) is 15.0.